The minimum Gasteiger partial charge on any atom is -0.324 e. The summed E-state index contributed by atoms with van der Waals surface area (Å²) in [4.78, 5) is 16.8. The number of amides is 1. The molecule has 0 aliphatic heterocycles. The number of anilines is 1. The van der Waals surface area contributed by atoms with Gasteiger partial charge in [0.05, 0.1) is 27.1 Å². The van der Waals surface area contributed by atoms with Gasteiger partial charge in [-0.3, -0.25) is 4.79 Å². The van der Waals surface area contributed by atoms with Gasteiger partial charge < -0.3 is 5.32 Å². The van der Waals surface area contributed by atoms with Crippen molar-refractivity contribution in [2.75, 3.05) is 25.2 Å². The zero-order chi connectivity index (χ0) is 21.9. The van der Waals surface area contributed by atoms with Gasteiger partial charge in [-0.05, 0) is 42.5 Å². The van der Waals surface area contributed by atoms with Crippen LogP contribution in [0.25, 0.3) is 11.3 Å². The van der Waals surface area contributed by atoms with Crippen LogP contribution in [0.3, 0.4) is 0 Å². The van der Waals surface area contributed by atoms with Crippen LogP contribution >= 0.6 is 34.7 Å². The molecule has 1 aromatic heterocycles. The molecule has 0 saturated carbocycles. The van der Waals surface area contributed by atoms with Crippen molar-refractivity contribution in [1.29, 1.82) is 0 Å². The number of halogens is 2. The molecule has 0 aliphatic carbocycles. The number of benzene rings is 2. The number of carbonyl (C=O) groups excluding carboxylic acids is 1. The van der Waals surface area contributed by atoms with Crippen LogP contribution < -0.4 is 5.32 Å². The molecule has 158 valence electrons. The highest BCUT2D eigenvalue weighted by Crippen LogP contribution is 2.30. The van der Waals surface area contributed by atoms with Crippen LogP contribution in [0.15, 0.2) is 57.1 Å². The van der Waals surface area contributed by atoms with Crippen molar-refractivity contribution in [3.63, 3.8) is 0 Å². The van der Waals surface area contributed by atoms with Gasteiger partial charge in [-0.1, -0.05) is 23.4 Å². The standard InChI is InChI=1S/C19H17ClFN3O3S3/c1-24(2)30(26,27)14-7-8-15(20)16(9-14)22-18(25)11-29-19-23-17(10-28-19)12-3-5-13(21)6-4-12/h3-10H,11H2,1-2H3,(H,22,25). The van der Waals surface area contributed by atoms with Crippen molar-refractivity contribution in [3.05, 3.63) is 58.7 Å². The Kier molecular flexibility index (Phi) is 7.14. The van der Waals surface area contributed by atoms with Crippen LogP contribution in [0, 0.1) is 5.82 Å². The molecule has 3 aromatic rings. The van der Waals surface area contributed by atoms with E-state index < -0.39 is 10.0 Å². The third-order valence-corrected chi connectivity index (χ3v) is 8.10. The first-order valence-electron chi connectivity index (χ1n) is 8.53. The van der Waals surface area contributed by atoms with Gasteiger partial charge >= 0.3 is 0 Å². The largest absolute Gasteiger partial charge is 0.324 e. The Morgan fingerprint density at radius 3 is 2.60 bits per heavy atom. The topological polar surface area (TPSA) is 79.4 Å². The molecule has 0 unspecified atom stereocenters. The lowest BCUT2D eigenvalue weighted by molar-refractivity contribution is -0.113. The molecule has 6 nitrogen and oxygen atoms in total. The lowest BCUT2D eigenvalue weighted by atomic mass is 10.2. The fraction of sp³-hybridized carbons (Fsp3) is 0.158. The molecular weight excluding hydrogens is 469 g/mol. The number of hydrogen-bond acceptors (Lipinski definition) is 6. The first-order chi connectivity index (χ1) is 14.2. The molecule has 0 saturated heterocycles. The quantitative estimate of drug-likeness (QED) is 0.495. The molecule has 0 radical (unpaired) electrons. The maximum atomic E-state index is 13.0. The van der Waals surface area contributed by atoms with Gasteiger partial charge in [0.1, 0.15) is 5.82 Å². The number of aromatic nitrogens is 1. The highest BCUT2D eigenvalue weighted by Gasteiger charge is 2.19. The van der Waals surface area contributed by atoms with Gasteiger partial charge in [0.2, 0.25) is 15.9 Å². The van der Waals surface area contributed by atoms with Crippen LogP contribution in [0.5, 0.6) is 0 Å². The molecule has 1 amide bonds. The Morgan fingerprint density at radius 1 is 1.23 bits per heavy atom. The second-order valence-corrected chi connectivity index (χ2v) is 10.9. The maximum Gasteiger partial charge on any atom is 0.242 e. The van der Waals surface area contributed by atoms with E-state index in [1.807, 2.05) is 5.38 Å². The lowest BCUT2D eigenvalue weighted by Gasteiger charge is -2.13. The fourth-order valence-electron chi connectivity index (χ4n) is 2.36. The molecule has 1 heterocycles. The first-order valence-corrected chi connectivity index (χ1v) is 12.2. The number of rotatable bonds is 7. The van der Waals surface area contributed by atoms with E-state index in [0.717, 1.165) is 9.87 Å². The van der Waals surface area contributed by atoms with Gasteiger partial charge in [-0.2, -0.15) is 0 Å². The summed E-state index contributed by atoms with van der Waals surface area (Å²) in [7, 11) is -0.800. The van der Waals surface area contributed by atoms with E-state index in [2.05, 4.69) is 10.3 Å². The number of sulfonamides is 1. The first kappa shape index (κ1) is 22.7. The third kappa shape index (κ3) is 5.38. The predicted octanol–water partition coefficient (Wildman–Crippen LogP) is 4.58. The van der Waals surface area contributed by atoms with Gasteiger partial charge in [0, 0.05) is 25.0 Å². The van der Waals surface area contributed by atoms with Gasteiger partial charge in [0.15, 0.2) is 4.34 Å². The molecular formula is C19H17ClFN3O3S3. The number of carbonyl (C=O) groups is 1. The maximum absolute atomic E-state index is 13.0. The van der Waals surface area contributed by atoms with Crippen LogP contribution in [-0.2, 0) is 14.8 Å². The predicted molar refractivity (Wildman–Crippen MR) is 119 cm³/mol. The molecule has 0 spiro atoms. The minimum absolute atomic E-state index is 0.0312. The molecule has 11 heteroatoms. The zero-order valence-electron chi connectivity index (χ0n) is 15.9. The second kappa shape index (κ2) is 9.44. The molecule has 0 atom stereocenters. The minimum atomic E-state index is -3.65. The molecule has 3 rings (SSSR count). The second-order valence-electron chi connectivity index (χ2n) is 6.27. The zero-order valence-corrected chi connectivity index (χ0v) is 19.1. The van der Waals surface area contributed by atoms with Crippen molar-refractivity contribution in [1.82, 2.24) is 9.29 Å². The SMILES string of the molecule is CN(C)S(=O)(=O)c1ccc(Cl)c(NC(=O)CSc2nc(-c3ccc(F)cc3)cs2)c1. The van der Waals surface area contributed by atoms with Gasteiger partial charge in [0.25, 0.3) is 0 Å². The summed E-state index contributed by atoms with van der Waals surface area (Å²) in [6.45, 7) is 0. The summed E-state index contributed by atoms with van der Waals surface area (Å²) < 4.78 is 39.3. The lowest BCUT2D eigenvalue weighted by Crippen LogP contribution is -2.22. The smallest absolute Gasteiger partial charge is 0.242 e. The van der Waals surface area contributed by atoms with E-state index in [9.17, 15) is 17.6 Å². The Hall–Kier alpha value is -1.98. The van der Waals surface area contributed by atoms with E-state index in [1.165, 1.54) is 67.5 Å². The van der Waals surface area contributed by atoms with Crippen molar-refractivity contribution < 1.29 is 17.6 Å². The summed E-state index contributed by atoms with van der Waals surface area (Å²) in [5.41, 5.74) is 1.71. The monoisotopic (exact) mass is 485 g/mol. The molecule has 2 aromatic carbocycles. The van der Waals surface area contributed by atoms with Crippen LogP contribution in [0.4, 0.5) is 10.1 Å². The van der Waals surface area contributed by atoms with Crippen LogP contribution in [-0.4, -0.2) is 43.5 Å². The van der Waals surface area contributed by atoms with Crippen LogP contribution in [0.2, 0.25) is 5.02 Å². The van der Waals surface area contributed by atoms with E-state index in [-0.39, 0.29) is 33.1 Å². The summed E-state index contributed by atoms with van der Waals surface area (Å²) in [6.07, 6.45) is 0. The number of nitrogens with one attached hydrogen (secondary N) is 1. The molecule has 0 bridgehead atoms. The van der Waals surface area contributed by atoms with E-state index in [0.29, 0.717) is 10.0 Å². The average Bonchev–Trinajstić information content (AvgIpc) is 3.17. The van der Waals surface area contributed by atoms with Crippen molar-refractivity contribution in [2.45, 2.75) is 9.24 Å². The number of thiazole rings is 1. The summed E-state index contributed by atoms with van der Waals surface area (Å²) >= 11 is 8.72. The highest BCUT2D eigenvalue weighted by molar-refractivity contribution is 8.01. The van der Waals surface area contributed by atoms with Crippen molar-refractivity contribution in [2.24, 2.45) is 0 Å². The Bertz CT molecular complexity index is 1170. The summed E-state index contributed by atoms with van der Waals surface area (Å²) in [5, 5.41) is 4.71. The molecule has 0 fully saturated rings. The van der Waals surface area contributed by atoms with Gasteiger partial charge in [-0.25, -0.2) is 22.1 Å². The normalized spacial score (nSPS) is 11.6. The number of thioether (sulfide) groups is 1. The van der Waals surface area contributed by atoms with Gasteiger partial charge in [-0.15, -0.1) is 11.3 Å². The average molecular weight is 486 g/mol. The van der Waals surface area contributed by atoms with Crippen molar-refractivity contribution >= 4 is 56.3 Å². The van der Waals surface area contributed by atoms with Crippen molar-refractivity contribution in [3.8, 4) is 11.3 Å². The molecule has 0 aliphatic rings. The van der Waals surface area contributed by atoms with E-state index in [4.69, 9.17) is 11.6 Å². The fourth-order valence-corrected chi connectivity index (χ4v) is 5.09. The molecule has 30 heavy (non-hydrogen) atoms. The molecule has 1 N–H and O–H groups in total. The van der Waals surface area contributed by atoms with E-state index in [1.54, 1.807) is 12.1 Å². The summed E-state index contributed by atoms with van der Waals surface area (Å²) in [5.74, 6) is -0.599. The third-order valence-electron chi connectivity index (χ3n) is 3.94. The van der Waals surface area contributed by atoms with E-state index >= 15 is 0 Å². The Labute approximate surface area is 187 Å². The number of hydrogen-bond donors (Lipinski definition) is 1. The Morgan fingerprint density at radius 2 is 1.93 bits per heavy atom. The Balaban J connectivity index is 1.65. The van der Waals surface area contributed by atoms with Crippen LogP contribution in [0.1, 0.15) is 0 Å². The highest BCUT2D eigenvalue weighted by atomic mass is 35.5. The number of nitrogens with zero attached hydrogens (tertiary/aromatic N) is 2. The summed E-state index contributed by atoms with van der Waals surface area (Å²) in [6, 6.07) is 10.2.